The van der Waals surface area contributed by atoms with Crippen LogP contribution in [0.4, 0.5) is 8.78 Å². The summed E-state index contributed by atoms with van der Waals surface area (Å²) in [5.74, 6) is -6.17. The molecule has 5 nitrogen and oxygen atoms in total. The second-order valence-electron chi connectivity index (χ2n) is 8.74. The van der Waals surface area contributed by atoms with Crippen molar-refractivity contribution in [1.29, 1.82) is 0 Å². The highest BCUT2D eigenvalue weighted by Gasteiger charge is 2.58. The van der Waals surface area contributed by atoms with E-state index in [9.17, 15) is 23.5 Å². The molecule has 0 radical (unpaired) electrons. The summed E-state index contributed by atoms with van der Waals surface area (Å²) in [5.41, 5.74) is -0.916. The molecule has 4 aliphatic rings. The molecular weight excluding hydrogens is 612 g/mol. The molecule has 0 spiro atoms. The van der Waals surface area contributed by atoms with Gasteiger partial charge in [0.05, 0.1) is 12.6 Å². The lowest BCUT2D eigenvalue weighted by Gasteiger charge is -2.55. The molecule has 4 bridgehead atoms. The zero-order chi connectivity index (χ0) is 21.1. The van der Waals surface area contributed by atoms with E-state index in [0.29, 0.717) is 37.0 Å². The van der Waals surface area contributed by atoms with Gasteiger partial charge in [0.15, 0.2) is 0 Å². The quantitative estimate of drug-likeness (QED) is 0.348. The van der Waals surface area contributed by atoms with E-state index in [4.69, 9.17) is 9.84 Å². The van der Waals surface area contributed by atoms with Gasteiger partial charge in [0.1, 0.15) is 5.75 Å². The Morgan fingerprint density at radius 3 is 1.93 bits per heavy atom. The third kappa shape index (κ3) is 3.74. The first-order valence-electron chi connectivity index (χ1n) is 9.52. The van der Waals surface area contributed by atoms with Crippen LogP contribution in [-0.4, -0.2) is 28.1 Å². The van der Waals surface area contributed by atoms with Gasteiger partial charge in [0.25, 0.3) is 0 Å². The molecule has 1 aromatic rings. The second-order valence-corrected chi connectivity index (χ2v) is 11.1. The van der Waals surface area contributed by atoms with E-state index >= 15 is 0 Å². The lowest BCUT2D eigenvalue weighted by Crippen LogP contribution is -2.51. The zero-order valence-electron chi connectivity index (χ0n) is 15.3. The number of aliphatic carboxylic acids is 1. The average molecular weight is 632 g/mol. The van der Waals surface area contributed by atoms with Crippen LogP contribution in [0.15, 0.2) is 12.1 Å². The van der Waals surface area contributed by atoms with Gasteiger partial charge >= 0.3 is 17.9 Å². The molecular formula is C20H20F2I2O5. The van der Waals surface area contributed by atoms with Crippen LogP contribution >= 0.6 is 45.2 Å². The molecule has 4 fully saturated rings. The van der Waals surface area contributed by atoms with Crippen molar-refractivity contribution in [1.82, 2.24) is 0 Å². The topological polar surface area (TPSA) is 83.8 Å². The van der Waals surface area contributed by atoms with Gasteiger partial charge in [-0.05, 0) is 114 Å². The second kappa shape index (κ2) is 7.45. The summed E-state index contributed by atoms with van der Waals surface area (Å²) in [7, 11) is 0. The predicted molar refractivity (Wildman–Crippen MR) is 116 cm³/mol. The van der Waals surface area contributed by atoms with Crippen LogP contribution in [0.1, 0.15) is 50.2 Å². The van der Waals surface area contributed by atoms with Crippen LogP contribution in [0, 0.1) is 30.3 Å². The Morgan fingerprint density at radius 2 is 1.52 bits per heavy atom. The summed E-state index contributed by atoms with van der Waals surface area (Å²) in [4.78, 5) is 24.5. The fourth-order valence-corrected chi connectivity index (χ4v) is 7.61. The molecule has 29 heavy (non-hydrogen) atoms. The monoisotopic (exact) mass is 632 g/mol. The molecule has 9 heteroatoms. The predicted octanol–water partition coefficient (Wildman–Crippen LogP) is 5.12. The highest BCUT2D eigenvalue weighted by atomic mass is 127. The van der Waals surface area contributed by atoms with Gasteiger partial charge in [-0.15, -0.1) is 0 Å². The molecule has 5 rings (SSSR count). The van der Waals surface area contributed by atoms with E-state index in [-0.39, 0.29) is 18.5 Å². The number of carboxylic acids is 1. The van der Waals surface area contributed by atoms with Gasteiger partial charge in [0.2, 0.25) is 6.10 Å². The number of alkyl halides is 2. The van der Waals surface area contributed by atoms with Crippen molar-refractivity contribution in [3.8, 4) is 5.75 Å². The van der Waals surface area contributed by atoms with Crippen LogP contribution in [0.5, 0.6) is 5.75 Å². The molecule has 4 aliphatic carbocycles. The van der Waals surface area contributed by atoms with E-state index in [1.165, 1.54) is 12.1 Å². The molecule has 0 heterocycles. The van der Waals surface area contributed by atoms with Crippen LogP contribution in [0.25, 0.3) is 0 Å². The highest BCUT2D eigenvalue weighted by molar-refractivity contribution is 14.1. The number of carboxylic acid groups (broad SMARTS) is 1. The molecule has 0 amide bonds. The molecule has 0 aliphatic heterocycles. The van der Waals surface area contributed by atoms with Crippen molar-refractivity contribution in [3.05, 3.63) is 24.8 Å². The van der Waals surface area contributed by atoms with Gasteiger partial charge in [0, 0.05) is 5.56 Å². The number of carbonyl (C=O) groups excluding carboxylic acids is 1. The maximum atomic E-state index is 14.6. The van der Waals surface area contributed by atoms with E-state index in [2.05, 4.69) is 0 Å². The molecule has 1 unspecified atom stereocenters. The molecule has 1 aromatic carbocycles. The Labute approximate surface area is 193 Å². The number of rotatable bonds is 5. The van der Waals surface area contributed by atoms with Crippen LogP contribution in [0.2, 0.25) is 0 Å². The molecule has 0 saturated heterocycles. The van der Waals surface area contributed by atoms with Gasteiger partial charge in [-0.1, -0.05) is 0 Å². The highest BCUT2D eigenvalue weighted by Crippen LogP contribution is 2.61. The third-order valence-corrected chi connectivity index (χ3v) is 8.30. The van der Waals surface area contributed by atoms with Crippen molar-refractivity contribution in [2.24, 2.45) is 23.2 Å². The van der Waals surface area contributed by atoms with E-state index in [0.717, 1.165) is 19.3 Å². The van der Waals surface area contributed by atoms with Crippen LogP contribution in [0.3, 0.4) is 0 Å². The number of phenolic OH excluding ortho intramolecular Hbond substituents is 1. The largest absolute Gasteiger partial charge is 0.506 e. The summed E-state index contributed by atoms with van der Waals surface area (Å²) >= 11 is 3.55. The van der Waals surface area contributed by atoms with E-state index in [1.807, 2.05) is 0 Å². The third-order valence-electron chi connectivity index (χ3n) is 6.65. The lowest BCUT2D eigenvalue weighted by molar-refractivity contribution is -0.207. The Balaban J connectivity index is 1.68. The van der Waals surface area contributed by atoms with Gasteiger partial charge in [-0.2, -0.15) is 8.78 Å². The Kier molecular flexibility index (Phi) is 5.53. The minimum absolute atomic E-state index is 0.0836. The van der Waals surface area contributed by atoms with Gasteiger partial charge < -0.3 is 14.9 Å². The van der Waals surface area contributed by atoms with Crippen molar-refractivity contribution >= 4 is 57.1 Å². The normalized spacial score (nSPS) is 31.5. The number of hydrogen-bond donors (Lipinski definition) is 2. The zero-order valence-corrected chi connectivity index (χ0v) is 19.7. The molecule has 158 valence electrons. The van der Waals surface area contributed by atoms with E-state index < -0.39 is 29.4 Å². The Hall–Kier alpha value is -0.720. The average Bonchev–Trinajstić information content (AvgIpc) is 2.62. The maximum Gasteiger partial charge on any atom is 0.382 e. The molecule has 0 aromatic heterocycles. The van der Waals surface area contributed by atoms with Crippen molar-refractivity contribution in [2.75, 3.05) is 0 Å². The fraction of sp³-hybridized carbons (Fsp3) is 0.600. The number of hydrogen-bond acceptors (Lipinski definition) is 4. The number of esters is 1. The van der Waals surface area contributed by atoms with Crippen LogP contribution < -0.4 is 0 Å². The van der Waals surface area contributed by atoms with Crippen molar-refractivity contribution in [3.63, 3.8) is 0 Å². The van der Waals surface area contributed by atoms with Crippen molar-refractivity contribution < 1.29 is 33.3 Å². The summed E-state index contributed by atoms with van der Waals surface area (Å²) in [5, 5.41) is 19.1. The molecule has 4 saturated carbocycles. The number of aromatic hydroxyl groups is 1. The first-order valence-corrected chi connectivity index (χ1v) is 11.7. The Bertz CT molecular complexity index is 814. The number of ether oxygens (including phenoxy) is 1. The minimum atomic E-state index is -4.29. The Morgan fingerprint density at radius 1 is 1.07 bits per heavy atom. The SMILES string of the molecule is O=C(OC(c1cc(I)c(O)c(I)c1)C(F)(F)C(=O)O)C12CC3CC(CC(C3)C1)C2. The van der Waals surface area contributed by atoms with Crippen LogP contribution in [-0.2, 0) is 14.3 Å². The van der Waals surface area contributed by atoms with Gasteiger partial charge in [-0.25, -0.2) is 4.79 Å². The lowest BCUT2D eigenvalue weighted by atomic mass is 9.49. The van der Waals surface area contributed by atoms with Crippen molar-refractivity contribution in [2.45, 2.75) is 50.6 Å². The minimum Gasteiger partial charge on any atom is -0.506 e. The van der Waals surface area contributed by atoms with E-state index in [1.54, 1.807) is 45.2 Å². The fourth-order valence-electron chi connectivity index (χ4n) is 5.79. The standard InChI is InChI=1S/C20H20F2I2O5/c21-20(22,17(26)27)16(12-4-13(23)15(25)14(24)5-12)29-18(28)19-6-9-1-10(7-19)3-11(2-9)8-19/h4-5,9-11,16,25H,1-3,6-8H2,(H,26,27). The number of carbonyl (C=O) groups is 2. The number of halogens is 4. The number of benzene rings is 1. The van der Waals surface area contributed by atoms with Gasteiger partial charge in [-0.3, -0.25) is 4.79 Å². The first-order chi connectivity index (χ1) is 13.5. The summed E-state index contributed by atoms with van der Waals surface area (Å²) in [6.45, 7) is 0. The summed E-state index contributed by atoms with van der Waals surface area (Å²) < 4.78 is 35.2. The molecule has 1 atom stereocenters. The smallest absolute Gasteiger partial charge is 0.382 e. The molecule has 2 N–H and O–H groups in total. The maximum absolute atomic E-state index is 14.6. The summed E-state index contributed by atoms with van der Waals surface area (Å²) in [6.07, 6.45) is 2.89. The summed E-state index contributed by atoms with van der Waals surface area (Å²) in [6, 6.07) is 2.49. The number of phenols is 1. The first kappa shape index (κ1) is 21.5.